The molecule has 2 aromatic rings. The van der Waals surface area contributed by atoms with Crippen molar-refractivity contribution in [3.63, 3.8) is 0 Å². The Kier molecular flexibility index (Phi) is 5.22. The molecule has 1 saturated heterocycles. The summed E-state index contributed by atoms with van der Waals surface area (Å²) in [4.78, 5) is 12.3. The van der Waals surface area contributed by atoms with E-state index in [0.717, 1.165) is 6.42 Å². The summed E-state index contributed by atoms with van der Waals surface area (Å²) >= 11 is 11.8. The van der Waals surface area contributed by atoms with Gasteiger partial charge >= 0.3 is 0 Å². The number of halogens is 2. The zero-order valence-electron chi connectivity index (χ0n) is 13.2. The van der Waals surface area contributed by atoms with Crippen LogP contribution in [0.4, 0.5) is 11.4 Å². The Labute approximate surface area is 156 Å². The van der Waals surface area contributed by atoms with Crippen LogP contribution in [0.1, 0.15) is 23.2 Å². The first-order chi connectivity index (χ1) is 11.8. The van der Waals surface area contributed by atoms with Crippen LogP contribution >= 0.6 is 23.2 Å². The van der Waals surface area contributed by atoms with E-state index in [9.17, 15) is 13.2 Å². The topological polar surface area (TPSA) is 66.5 Å². The summed E-state index contributed by atoms with van der Waals surface area (Å²) < 4.78 is 25.7. The highest BCUT2D eigenvalue weighted by Gasteiger charge is 2.26. The second-order valence-electron chi connectivity index (χ2n) is 5.75. The fraction of sp³-hybridized carbons (Fsp3) is 0.235. The third-order valence-corrected chi connectivity index (χ3v) is 6.19. The van der Waals surface area contributed by atoms with Gasteiger partial charge in [-0.1, -0.05) is 23.2 Å². The molecule has 8 heteroatoms. The fourth-order valence-corrected chi connectivity index (χ4v) is 4.85. The minimum absolute atomic E-state index is 0.158. The van der Waals surface area contributed by atoms with E-state index >= 15 is 0 Å². The lowest BCUT2D eigenvalue weighted by Gasteiger charge is -2.28. The standard InChI is InChI=1S/C17H16Cl2N2O3S/c18-13-9-14(19)11-15(10-13)20-17(22)12-3-5-16(6-4-12)21-7-1-2-8-25(21,23)24/h3-6,9-11H,1-2,7-8H2,(H,20,22). The first-order valence-corrected chi connectivity index (χ1v) is 10.1. The molecule has 0 unspecified atom stereocenters. The average Bonchev–Trinajstić information content (AvgIpc) is 2.53. The van der Waals surface area contributed by atoms with Crippen molar-refractivity contribution < 1.29 is 13.2 Å². The molecule has 1 fully saturated rings. The number of nitrogens with one attached hydrogen (secondary N) is 1. The van der Waals surface area contributed by atoms with Gasteiger partial charge in [-0.2, -0.15) is 0 Å². The van der Waals surface area contributed by atoms with Crippen molar-refractivity contribution in [2.24, 2.45) is 0 Å². The number of hydrogen-bond acceptors (Lipinski definition) is 3. The lowest BCUT2D eigenvalue weighted by Crippen LogP contribution is -2.37. The molecule has 0 saturated carbocycles. The molecule has 0 atom stereocenters. The van der Waals surface area contributed by atoms with Crippen molar-refractivity contribution in [3.8, 4) is 0 Å². The second-order valence-corrected chi connectivity index (χ2v) is 8.64. The van der Waals surface area contributed by atoms with E-state index in [4.69, 9.17) is 23.2 Å². The van der Waals surface area contributed by atoms with Crippen LogP contribution in [-0.2, 0) is 10.0 Å². The summed E-state index contributed by atoms with van der Waals surface area (Å²) in [6, 6.07) is 11.2. The van der Waals surface area contributed by atoms with Crippen molar-refractivity contribution >= 4 is 50.5 Å². The maximum atomic E-state index is 12.3. The molecule has 1 heterocycles. The van der Waals surface area contributed by atoms with E-state index in [0.29, 0.717) is 39.9 Å². The number of sulfonamides is 1. The zero-order chi connectivity index (χ0) is 18.0. The van der Waals surface area contributed by atoms with E-state index < -0.39 is 10.0 Å². The molecule has 5 nitrogen and oxygen atoms in total. The number of amides is 1. The molecule has 3 rings (SSSR count). The maximum Gasteiger partial charge on any atom is 0.255 e. The molecule has 0 bridgehead atoms. The van der Waals surface area contributed by atoms with Gasteiger partial charge in [-0.3, -0.25) is 9.10 Å². The number of rotatable bonds is 3. The van der Waals surface area contributed by atoms with E-state index in [1.165, 1.54) is 4.31 Å². The SMILES string of the molecule is O=C(Nc1cc(Cl)cc(Cl)c1)c1ccc(N2CCCCS2(=O)=O)cc1. The Hall–Kier alpha value is -1.76. The molecule has 1 aliphatic rings. The summed E-state index contributed by atoms with van der Waals surface area (Å²) in [6.45, 7) is 0.467. The smallest absolute Gasteiger partial charge is 0.255 e. The van der Waals surface area contributed by atoms with Crippen LogP contribution in [-0.4, -0.2) is 26.6 Å². The largest absolute Gasteiger partial charge is 0.322 e. The van der Waals surface area contributed by atoms with Gasteiger partial charge < -0.3 is 5.32 Å². The van der Waals surface area contributed by atoms with Crippen molar-refractivity contribution in [2.45, 2.75) is 12.8 Å². The second kappa shape index (κ2) is 7.23. The first kappa shape index (κ1) is 18.0. The minimum atomic E-state index is -3.26. The molecule has 25 heavy (non-hydrogen) atoms. The lowest BCUT2D eigenvalue weighted by atomic mass is 10.2. The van der Waals surface area contributed by atoms with Gasteiger partial charge in [-0.05, 0) is 55.3 Å². The number of nitrogens with zero attached hydrogens (tertiary/aromatic N) is 1. The number of benzene rings is 2. The molecular weight excluding hydrogens is 383 g/mol. The molecule has 0 spiro atoms. The molecule has 1 N–H and O–H groups in total. The molecule has 2 aromatic carbocycles. The van der Waals surface area contributed by atoms with Gasteiger partial charge in [0, 0.05) is 27.8 Å². The van der Waals surface area contributed by atoms with Crippen molar-refractivity contribution in [2.75, 3.05) is 21.9 Å². The molecule has 0 aromatic heterocycles. The van der Waals surface area contributed by atoms with Crippen LogP contribution in [0.3, 0.4) is 0 Å². The highest BCUT2D eigenvalue weighted by Crippen LogP contribution is 2.25. The molecular formula is C17H16Cl2N2O3S. The molecule has 0 aliphatic carbocycles. The van der Waals surface area contributed by atoms with Gasteiger partial charge in [-0.15, -0.1) is 0 Å². The predicted octanol–water partition coefficient (Wildman–Crippen LogP) is 4.18. The Bertz CT molecular complexity index is 878. The lowest BCUT2D eigenvalue weighted by molar-refractivity contribution is 0.102. The van der Waals surface area contributed by atoms with Crippen molar-refractivity contribution in [1.82, 2.24) is 0 Å². The predicted molar refractivity (Wildman–Crippen MR) is 101 cm³/mol. The third-order valence-electron chi connectivity index (χ3n) is 3.89. The van der Waals surface area contributed by atoms with Crippen LogP contribution in [0.25, 0.3) is 0 Å². The van der Waals surface area contributed by atoms with Crippen LogP contribution < -0.4 is 9.62 Å². The van der Waals surface area contributed by atoms with Gasteiger partial charge in [0.15, 0.2) is 0 Å². The Morgan fingerprint density at radius 1 is 1.00 bits per heavy atom. The minimum Gasteiger partial charge on any atom is -0.322 e. The average molecular weight is 399 g/mol. The third kappa shape index (κ3) is 4.26. The number of anilines is 2. The van der Waals surface area contributed by atoms with E-state index in [1.807, 2.05) is 0 Å². The Morgan fingerprint density at radius 3 is 2.24 bits per heavy atom. The van der Waals surface area contributed by atoms with E-state index in [1.54, 1.807) is 42.5 Å². The Balaban J connectivity index is 1.76. The van der Waals surface area contributed by atoms with Gasteiger partial charge in [0.1, 0.15) is 0 Å². The van der Waals surface area contributed by atoms with Crippen LogP contribution in [0.2, 0.25) is 10.0 Å². The molecule has 1 aliphatic heterocycles. The zero-order valence-corrected chi connectivity index (χ0v) is 15.5. The first-order valence-electron chi connectivity index (χ1n) is 7.73. The van der Waals surface area contributed by atoms with Crippen molar-refractivity contribution in [3.05, 3.63) is 58.1 Å². The summed E-state index contributed by atoms with van der Waals surface area (Å²) in [5.41, 5.74) is 1.47. The Morgan fingerprint density at radius 2 is 1.64 bits per heavy atom. The van der Waals surface area contributed by atoms with E-state index in [-0.39, 0.29) is 11.7 Å². The summed E-state index contributed by atoms with van der Waals surface area (Å²) in [7, 11) is -3.26. The number of carbonyl (C=O) groups is 1. The molecule has 0 radical (unpaired) electrons. The summed E-state index contributed by atoms with van der Waals surface area (Å²) in [5, 5.41) is 3.56. The van der Waals surface area contributed by atoms with Crippen LogP contribution in [0, 0.1) is 0 Å². The van der Waals surface area contributed by atoms with Crippen LogP contribution in [0.5, 0.6) is 0 Å². The summed E-state index contributed by atoms with van der Waals surface area (Å²) in [6.07, 6.45) is 1.51. The quantitative estimate of drug-likeness (QED) is 0.842. The van der Waals surface area contributed by atoms with E-state index in [2.05, 4.69) is 5.32 Å². The number of hydrogen-bond donors (Lipinski definition) is 1. The monoisotopic (exact) mass is 398 g/mol. The molecule has 132 valence electrons. The van der Waals surface area contributed by atoms with Gasteiger partial charge in [0.05, 0.1) is 11.4 Å². The highest BCUT2D eigenvalue weighted by atomic mass is 35.5. The normalized spacial score (nSPS) is 16.5. The fourth-order valence-electron chi connectivity index (χ4n) is 2.69. The number of carbonyl (C=O) groups excluding carboxylic acids is 1. The maximum absolute atomic E-state index is 12.3. The van der Waals surface area contributed by atoms with Gasteiger partial charge in [0.2, 0.25) is 10.0 Å². The van der Waals surface area contributed by atoms with Gasteiger partial charge in [-0.25, -0.2) is 8.42 Å². The molecule has 1 amide bonds. The van der Waals surface area contributed by atoms with Crippen molar-refractivity contribution in [1.29, 1.82) is 0 Å². The highest BCUT2D eigenvalue weighted by molar-refractivity contribution is 7.92. The van der Waals surface area contributed by atoms with Gasteiger partial charge in [0.25, 0.3) is 5.91 Å². The van der Waals surface area contributed by atoms with Crippen LogP contribution in [0.15, 0.2) is 42.5 Å². The summed E-state index contributed by atoms with van der Waals surface area (Å²) in [5.74, 6) is -0.170.